The molecule has 0 radical (unpaired) electrons. The Morgan fingerprint density at radius 3 is 3.10 bits per heavy atom. The van der Waals surface area contributed by atoms with E-state index in [-0.39, 0.29) is 5.91 Å². The van der Waals surface area contributed by atoms with Crippen LogP contribution in [0.5, 0.6) is 0 Å². The molecule has 1 aromatic rings. The topological polar surface area (TPSA) is 57.3 Å². The fourth-order valence-corrected chi connectivity index (χ4v) is 3.38. The van der Waals surface area contributed by atoms with Gasteiger partial charge in [-0.15, -0.1) is 11.3 Å². The maximum Gasteiger partial charge on any atom is 0.234 e. The largest absolute Gasteiger partial charge is 0.355 e. The van der Waals surface area contributed by atoms with E-state index in [2.05, 4.69) is 20.5 Å². The fourth-order valence-electron chi connectivity index (χ4n) is 2.56. The smallest absolute Gasteiger partial charge is 0.234 e. The van der Waals surface area contributed by atoms with Crippen molar-refractivity contribution in [3.05, 3.63) is 16.1 Å². The van der Waals surface area contributed by atoms with Crippen LogP contribution in [0.4, 0.5) is 0 Å². The minimum Gasteiger partial charge on any atom is -0.355 e. The highest BCUT2D eigenvalue weighted by molar-refractivity contribution is 7.09. The first-order valence-electron chi connectivity index (χ1n) is 7.27. The molecule has 1 fully saturated rings. The molecule has 0 saturated carbocycles. The predicted octanol–water partition coefficient (Wildman–Crippen LogP) is 0.999. The van der Waals surface area contributed by atoms with Crippen LogP contribution in [0, 0.1) is 12.8 Å². The summed E-state index contributed by atoms with van der Waals surface area (Å²) in [7, 11) is 0. The number of aryl methyl sites for hydroxylation is 1. The van der Waals surface area contributed by atoms with Crippen molar-refractivity contribution < 1.29 is 4.79 Å². The molecule has 1 amide bonds. The second-order valence-electron chi connectivity index (χ2n) is 5.34. The first-order valence-corrected chi connectivity index (χ1v) is 8.15. The Hall–Kier alpha value is -0.980. The average Bonchev–Trinajstić information content (AvgIpc) is 3.03. The molecule has 2 N–H and O–H groups in total. The van der Waals surface area contributed by atoms with Gasteiger partial charge in [-0.1, -0.05) is 0 Å². The molecule has 112 valence electrons. The van der Waals surface area contributed by atoms with Gasteiger partial charge in [0, 0.05) is 24.5 Å². The van der Waals surface area contributed by atoms with Crippen molar-refractivity contribution in [2.75, 3.05) is 32.7 Å². The lowest BCUT2D eigenvalue weighted by molar-refractivity contribution is -0.122. The third-order valence-corrected chi connectivity index (χ3v) is 4.55. The summed E-state index contributed by atoms with van der Waals surface area (Å²) in [6.45, 7) is 9.11. The minimum atomic E-state index is 0.112. The van der Waals surface area contributed by atoms with Gasteiger partial charge in [0.1, 0.15) is 0 Å². The Balaban J connectivity index is 1.95. The average molecular weight is 296 g/mol. The number of nitrogens with one attached hydrogen (secondary N) is 2. The van der Waals surface area contributed by atoms with Gasteiger partial charge in [-0.05, 0) is 39.3 Å². The van der Waals surface area contributed by atoms with Gasteiger partial charge in [0.2, 0.25) is 5.91 Å². The molecule has 0 bridgehead atoms. The van der Waals surface area contributed by atoms with Crippen molar-refractivity contribution in [1.82, 2.24) is 20.5 Å². The lowest BCUT2D eigenvalue weighted by Crippen LogP contribution is -2.39. The lowest BCUT2D eigenvalue weighted by atomic mass is 10.1. The number of carbonyl (C=O) groups is 1. The lowest BCUT2D eigenvalue weighted by Gasteiger charge is -2.24. The zero-order chi connectivity index (χ0) is 14.4. The van der Waals surface area contributed by atoms with Crippen molar-refractivity contribution in [3.63, 3.8) is 0 Å². The van der Waals surface area contributed by atoms with Crippen LogP contribution in [0.25, 0.3) is 0 Å². The third kappa shape index (κ3) is 4.54. The van der Waals surface area contributed by atoms with Gasteiger partial charge >= 0.3 is 0 Å². The molecule has 0 aliphatic carbocycles. The first-order chi connectivity index (χ1) is 9.69. The van der Waals surface area contributed by atoms with E-state index in [1.165, 1.54) is 11.3 Å². The summed E-state index contributed by atoms with van der Waals surface area (Å²) in [5.74, 6) is 0.762. The predicted molar refractivity (Wildman–Crippen MR) is 81.8 cm³/mol. The Labute approximate surface area is 124 Å². The molecule has 1 aromatic heterocycles. The van der Waals surface area contributed by atoms with E-state index in [1.807, 2.05) is 19.4 Å². The molecule has 2 rings (SSSR count). The molecular formula is C14H24N4OS. The number of carbonyl (C=O) groups excluding carboxylic acids is 1. The molecule has 1 atom stereocenters. The van der Waals surface area contributed by atoms with Gasteiger partial charge < -0.3 is 10.6 Å². The highest BCUT2D eigenvalue weighted by Gasteiger charge is 2.20. The molecule has 1 aliphatic heterocycles. The zero-order valence-corrected chi connectivity index (χ0v) is 13.1. The molecular weight excluding hydrogens is 272 g/mol. The molecule has 1 aliphatic rings. The van der Waals surface area contributed by atoms with Crippen LogP contribution in [-0.2, 0) is 11.3 Å². The first kappa shape index (κ1) is 15.4. The van der Waals surface area contributed by atoms with Crippen LogP contribution in [0.15, 0.2) is 5.51 Å². The van der Waals surface area contributed by atoms with Gasteiger partial charge in [0.05, 0.1) is 17.7 Å². The quantitative estimate of drug-likeness (QED) is 0.788. The second kappa shape index (κ2) is 7.71. The molecule has 2 heterocycles. The van der Waals surface area contributed by atoms with Gasteiger partial charge in [0.15, 0.2) is 0 Å². The maximum absolute atomic E-state index is 11.9. The molecule has 20 heavy (non-hydrogen) atoms. The Morgan fingerprint density at radius 2 is 2.50 bits per heavy atom. The van der Waals surface area contributed by atoms with Crippen molar-refractivity contribution in [2.24, 2.45) is 5.92 Å². The van der Waals surface area contributed by atoms with E-state index in [0.717, 1.165) is 31.9 Å². The summed E-state index contributed by atoms with van der Waals surface area (Å²) in [6.07, 6.45) is 1.20. The number of hydrogen-bond donors (Lipinski definition) is 2. The summed E-state index contributed by atoms with van der Waals surface area (Å²) in [5.41, 5.74) is 2.96. The summed E-state index contributed by atoms with van der Waals surface area (Å²) < 4.78 is 0. The molecule has 1 unspecified atom stereocenters. The molecule has 1 saturated heterocycles. The summed E-state index contributed by atoms with van der Waals surface area (Å²) in [5, 5.41) is 6.28. The number of thiazole rings is 1. The SMILES string of the molecule is CCNC(=O)CN(Cc1scnc1C)CC1CCNC1. The second-order valence-corrected chi connectivity index (χ2v) is 6.28. The van der Waals surface area contributed by atoms with E-state index < -0.39 is 0 Å². The van der Waals surface area contributed by atoms with Crippen LogP contribution in [-0.4, -0.2) is 48.5 Å². The maximum atomic E-state index is 11.9. The normalized spacial score (nSPS) is 18.6. The van der Waals surface area contributed by atoms with E-state index in [1.54, 1.807) is 11.3 Å². The number of rotatable bonds is 7. The zero-order valence-electron chi connectivity index (χ0n) is 12.3. The van der Waals surface area contributed by atoms with E-state index in [0.29, 0.717) is 19.0 Å². The van der Waals surface area contributed by atoms with Crippen LogP contribution >= 0.6 is 11.3 Å². The minimum absolute atomic E-state index is 0.112. The van der Waals surface area contributed by atoms with Crippen molar-refractivity contribution in [3.8, 4) is 0 Å². The van der Waals surface area contributed by atoms with Crippen molar-refractivity contribution >= 4 is 17.2 Å². The van der Waals surface area contributed by atoms with Gasteiger partial charge in [0.25, 0.3) is 0 Å². The van der Waals surface area contributed by atoms with Gasteiger partial charge in [-0.3, -0.25) is 9.69 Å². The van der Waals surface area contributed by atoms with Crippen LogP contribution in [0.2, 0.25) is 0 Å². The molecule has 0 aromatic carbocycles. The van der Waals surface area contributed by atoms with Crippen LogP contribution in [0.1, 0.15) is 23.9 Å². The Kier molecular flexibility index (Phi) is 5.94. The molecule has 6 heteroatoms. The van der Waals surface area contributed by atoms with E-state index >= 15 is 0 Å². The van der Waals surface area contributed by atoms with E-state index in [4.69, 9.17) is 0 Å². The molecule has 0 spiro atoms. The highest BCUT2D eigenvalue weighted by Crippen LogP contribution is 2.17. The third-order valence-electron chi connectivity index (χ3n) is 3.63. The number of hydrogen-bond acceptors (Lipinski definition) is 5. The van der Waals surface area contributed by atoms with Crippen molar-refractivity contribution in [1.29, 1.82) is 0 Å². The van der Waals surface area contributed by atoms with E-state index in [9.17, 15) is 4.79 Å². The Morgan fingerprint density at radius 1 is 1.65 bits per heavy atom. The standard InChI is InChI=1S/C14H24N4OS/c1-3-16-14(19)9-18(7-12-4-5-15-6-12)8-13-11(2)17-10-20-13/h10,12,15H,3-9H2,1-2H3,(H,16,19). The highest BCUT2D eigenvalue weighted by atomic mass is 32.1. The summed E-state index contributed by atoms with van der Waals surface area (Å²) in [6, 6.07) is 0. The van der Waals surface area contributed by atoms with Crippen molar-refractivity contribution in [2.45, 2.75) is 26.8 Å². The number of amides is 1. The number of likely N-dealkylation sites (N-methyl/N-ethyl adjacent to an activating group) is 1. The number of nitrogens with zero attached hydrogens (tertiary/aromatic N) is 2. The van der Waals surface area contributed by atoms with Crippen LogP contribution < -0.4 is 10.6 Å². The van der Waals surface area contributed by atoms with Gasteiger partial charge in [-0.25, -0.2) is 4.98 Å². The molecule has 5 nitrogen and oxygen atoms in total. The summed E-state index contributed by atoms with van der Waals surface area (Å²) in [4.78, 5) is 19.7. The summed E-state index contributed by atoms with van der Waals surface area (Å²) >= 11 is 1.68. The van der Waals surface area contributed by atoms with Gasteiger partial charge in [-0.2, -0.15) is 0 Å². The monoisotopic (exact) mass is 296 g/mol. The Bertz CT molecular complexity index is 429. The van der Waals surface area contributed by atoms with Crippen LogP contribution in [0.3, 0.4) is 0 Å². The fraction of sp³-hybridized carbons (Fsp3) is 0.714. The number of aromatic nitrogens is 1.